The van der Waals surface area contributed by atoms with E-state index in [1.807, 2.05) is 24.3 Å². The molecule has 0 radical (unpaired) electrons. The molecule has 21 heavy (non-hydrogen) atoms. The summed E-state index contributed by atoms with van der Waals surface area (Å²) in [6, 6.07) is 13.8. The third-order valence-corrected chi connectivity index (χ3v) is 3.07. The Morgan fingerprint density at radius 3 is 2.33 bits per heavy atom. The van der Waals surface area contributed by atoms with Crippen molar-refractivity contribution in [1.82, 2.24) is 5.43 Å². The highest BCUT2D eigenvalue weighted by molar-refractivity contribution is 5.83. The zero-order valence-corrected chi connectivity index (χ0v) is 11.8. The van der Waals surface area contributed by atoms with E-state index in [1.54, 1.807) is 18.3 Å². The van der Waals surface area contributed by atoms with Crippen molar-refractivity contribution in [2.24, 2.45) is 5.10 Å². The van der Waals surface area contributed by atoms with Gasteiger partial charge in [-0.15, -0.1) is 0 Å². The number of rotatable bonds is 5. The van der Waals surface area contributed by atoms with E-state index in [-0.39, 0.29) is 18.1 Å². The summed E-state index contributed by atoms with van der Waals surface area (Å²) in [7, 11) is 0. The number of amides is 1. The van der Waals surface area contributed by atoms with Crippen LogP contribution in [0, 0.1) is 5.82 Å². The predicted octanol–water partition coefficient (Wildman–Crippen LogP) is 3.08. The molecule has 0 aliphatic heterocycles. The van der Waals surface area contributed by atoms with Gasteiger partial charge in [0.1, 0.15) is 5.82 Å². The molecule has 0 bridgehead atoms. The third-order valence-electron chi connectivity index (χ3n) is 3.07. The number of hydrogen-bond acceptors (Lipinski definition) is 2. The average molecular weight is 284 g/mol. The molecule has 0 fully saturated rings. The normalized spacial score (nSPS) is 10.8. The first-order valence-electron chi connectivity index (χ1n) is 6.82. The summed E-state index contributed by atoms with van der Waals surface area (Å²) < 4.78 is 12.7. The molecule has 2 aromatic rings. The molecule has 0 atom stereocenters. The molecule has 0 unspecified atom stereocenters. The van der Waals surface area contributed by atoms with Gasteiger partial charge in [0.25, 0.3) is 0 Å². The molecule has 2 aromatic carbocycles. The Kier molecular flexibility index (Phi) is 5.21. The molecule has 0 aliphatic rings. The quantitative estimate of drug-likeness (QED) is 0.665. The number of carbonyl (C=O) groups excluding carboxylic acids is 1. The fourth-order valence-corrected chi connectivity index (χ4v) is 1.85. The topological polar surface area (TPSA) is 41.5 Å². The van der Waals surface area contributed by atoms with E-state index >= 15 is 0 Å². The number of nitrogens with one attached hydrogen (secondary N) is 1. The first-order valence-corrected chi connectivity index (χ1v) is 6.82. The number of hydrogen-bond donors (Lipinski definition) is 1. The lowest BCUT2D eigenvalue weighted by atomic mass is 10.1. The summed E-state index contributed by atoms with van der Waals surface area (Å²) >= 11 is 0. The van der Waals surface area contributed by atoms with Gasteiger partial charge in [0.2, 0.25) is 5.91 Å². The lowest BCUT2D eigenvalue weighted by molar-refractivity contribution is -0.120. The Hall–Kier alpha value is -2.49. The zero-order valence-electron chi connectivity index (χ0n) is 11.8. The Bertz CT molecular complexity index is 618. The van der Waals surface area contributed by atoms with Crippen LogP contribution < -0.4 is 5.43 Å². The summed E-state index contributed by atoms with van der Waals surface area (Å²) in [5.74, 6) is -0.546. The van der Waals surface area contributed by atoms with Gasteiger partial charge in [-0.3, -0.25) is 4.79 Å². The molecular formula is C17H17FN2O. The van der Waals surface area contributed by atoms with Gasteiger partial charge >= 0.3 is 0 Å². The van der Waals surface area contributed by atoms with E-state index in [2.05, 4.69) is 17.5 Å². The second kappa shape index (κ2) is 7.33. The minimum atomic E-state index is -0.312. The van der Waals surface area contributed by atoms with Crippen LogP contribution in [0.2, 0.25) is 0 Å². The van der Waals surface area contributed by atoms with Gasteiger partial charge in [0.05, 0.1) is 12.6 Å². The highest BCUT2D eigenvalue weighted by atomic mass is 19.1. The van der Waals surface area contributed by atoms with Gasteiger partial charge in [0.15, 0.2) is 0 Å². The number of benzene rings is 2. The molecular weight excluding hydrogens is 267 g/mol. The molecule has 0 heterocycles. The minimum absolute atomic E-state index is 0.173. The van der Waals surface area contributed by atoms with E-state index in [0.717, 1.165) is 17.5 Å². The van der Waals surface area contributed by atoms with Crippen LogP contribution in [0.15, 0.2) is 53.6 Å². The lowest BCUT2D eigenvalue weighted by Crippen LogP contribution is -2.19. The standard InChI is InChI=1S/C17H17FN2O/c1-2-13-3-5-15(6-4-13)12-19-20-17(21)11-14-7-9-16(18)10-8-14/h3-10,12H,2,11H2,1H3,(H,20,21)/b19-12-. The van der Waals surface area contributed by atoms with Gasteiger partial charge in [-0.1, -0.05) is 43.3 Å². The first-order chi connectivity index (χ1) is 10.2. The van der Waals surface area contributed by atoms with Gasteiger partial charge in [0, 0.05) is 0 Å². The van der Waals surface area contributed by atoms with Crippen molar-refractivity contribution in [3.05, 3.63) is 71.0 Å². The third kappa shape index (κ3) is 4.84. The van der Waals surface area contributed by atoms with Crippen LogP contribution in [0.3, 0.4) is 0 Å². The molecule has 0 spiro atoms. The smallest absolute Gasteiger partial charge is 0.244 e. The maximum absolute atomic E-state index is 12.7. The summed E-state index contributed by atoms with van der Waals surface area (Å²) in [6.45, 7) is 2.10. The maximum atomic E-state index is 12.7. The highest BCUT2D eigenvalue weighted by Crippen LogP contribution is 2.04. The van der Waals surface area contributed by atoms with Crippen molar-refractivity contribution >= 4 is 12.1 Å². The summed E-state index contributed by atoms with van der Waals surface area (Å²) in [4.78, 5) is 11.7. The highest BCUT2D eigenvalue weighted by Gasteiger charge is 2.01. The number of halogens is 1. The van der Waals surface area contributed by atoms with Crippen molar-refractivity contribution in [3.63, 3.8) is 0 Å². The second-order valence-corrected chi connectivity index (χ2v) is 4.69. The molecule has 4 heteroatoms. The van der Waals surface area contributed by atoms with Crippen molar-refractivity contribution in [3.8, 4) is 0 Å². The lowest BCUT2D eigenvalue weighted by Gasteiger charge is -2.01. The van der Waals surface area contributed by atoms with E-state index in [9.17, 15) is 9.18 Å². The number of carbonyl (C=O) groups is 1. The first kappa shape index (κ1) is 14.9. The van der Waals surface area contributed by atoms with Crippen molar-refractivity contribution in [1.29, 1.82) is 0 Å². The van der Waals surface area contributed by atoms with Crippen LogP contribution in [-0.2, 0) is 17.6 Å². The minimum Gasteiger partial charge on any atom is -0.273 e. The molecule has 3 nitrogen and oxygen atoms in total. The van der Waals surface area contributed by atoms with Gasteiger partial charge in [-0.25, -0.2) is 9.82 Å². The Morgan fingerprint density at radius 1 is 1.10 bits per heavy atom. The monoisotopic (exact) mass is 284 g/mol. The number of aryl methyl sites for hydroxylation is 1. The molecule has 0 saturated heterocycles. The molecule has 2 rings (SSSR count). The van der Waals surface area contributed by atoms with Crippen LogP contribution >= 0.6 is 0 Å². The molecule has 1 amide bonds. The van der Waals surface area contributed by atoms with Crippen molar-refractivity contribution in [2.75, 3.05) is 0 Å². The Balaban J connectivity index is 1.85. The van der Waals surface area contributed by atoms with E-state index in [4.69, 9.17) is 0 Å². The molecule has 0 saturated carbocycles. The van der Waals surface area contributed by atoms with Crippen LogP contribution in [-0.4, -0.2) is 12.1 Å². The fourth-order valence-electron chi connectivity index (χ4n) is 1.85. The Morgan fingerprint density at radius 2 is 1.71 bits per heavy atom. The molecule has 1 N–H and O–H groups in total. The van der Waals surface area contributed by atoms with E-state index < -0.39 is 0 Å². The van der Waals surface area contributed by atoms with Crippen molar-refractivity contribution < 1.29 is 9.18 Å². The van der Waals surface area contributed by atoms with E-state index in [0.29, 0.717) is 0 Å². The second-order valence-electron chi connectivity index (χ2n) is 4.69. The Labute approximate surface area is 123 Å². The van der Waals surface area contributed by atoms with Crippen molar-refractivity contribution in [2.45, 2.75) is 19.8 Å². The van der Waals surface area contributed by atoms with Gasteiger partial charge in [-0.2, -0.15) is 5.10 Å². The predicted molar refractivity (Wildman–Crippen MR) is 81.7 cm³/mol. The molecule has 0 aromatic heterocycles. The molecule has 108 valence electrons. The van der Waals surface area contributed by atoms with Gasteiger partial charge in [-0.05, 0) is 35.2 Å². The van der Waals surface area contributed by atoms with Crippen LogP contribution in [0.25, 0.3) is 0 Å². The van der Waals surface area contributed by atoms with Crippen LogP contribution in [0.4, 0.5) is 4.39 Å². The van der Waals surface area contributed by atoms with Gasteiger partial charge < -0.3 is 0 Å². The zero-order chi connectivity index (χ0) is 15.1. The average Bonchev–Trinajstić information content (AvgIpc) is 2.50. The molecule has 0 aliphatic carbocycles. The number of hydrazone groups is 1. The summed E-state index contributed by atoms with van der Waals surface area (Å²) in [6.07, 6.45) is 2.76. The van der Waals surface area contributed by atoms with Crippen LogP contribution in [0.5, 0.6) is 0 Å². The fraction of sp³-hybridized carbons (Fsp3) is 0.176. The summed E-state index contributed by atoms with van der Waals surface area (Å²) in [5, 5.41) is 3.91. The SMILES string of the molecule is CCc1ccc(/C=N\NC(=O)Cc2ccc(F)cc2)cc1. The largest absolute Gasteiger partial charge is 0.273 e. The number of nitrogens with zero attached hydrogens (tertiary/aromatic N) is 1. The maximum Gasteiger partial charge on any atom is 0.244 e. The van der Waals surface area contributed by atoms with Crippen LogP contribution in [0.1, 0.15) is 23.6 Å². The van der Waals surface area contributed by atoms with E-state index in [1.165, 1.54) is 17.7 Å². The summed E-state index contributed by atoms with van der Waals surface area (Å²) in [5.41, 5.74) is 5.39.